The topological polar surface area (TPSA) is 29.3 Å². The molecule has 1 aliphatic heterocycles. The van der Waals surface area contributed by atoms with E-state index in [1.165, 1.54) is 42.7 Å². The second-order valence-corrected chi connectivity index (χ2v) is 4.88. The van der Waals surface area contributed by atoms with E-state index in [4.69, 9.17) is 5.73 Å². The summed E-state index contributed by atoms with van der Waals surface area (Å²) in [4.78, 5) is 2.49. The van der Waals surface area contributed by atoms with Gasteiger partial charge in [-0.05, 0) is 43.4 Å². The molecule has 1 aliphatic rings. The minimum absolute atomic E-state index is 0.256. The first-order valence-corrected chi connectivity index (χ1v) is 6.33. The van der Waals surface area contributed by atoms with Gasteiger partial charge in [0.25, 0.3) is 0 Å². The summed E-state index contributed by atoms with van der Waals surface area (Å²) >= 11 is 0. The molecule has 2 rings (SSSR count). The largest absolute Gasteiger partial charge is 0.371 e. The van der Waals surface area contributed by atoms with Crippen molar-refractivity contribution in [3.8, 4) is 0 Å². The van der Waals surface area contributed by atoms with Gasteiger partial charge in [-0.3, -0.25) is 0 Å². The van der Waals surface area contributed by atoms with Crippen LogP contribution in [0.1, 0.15) is 31.4 Å². The lowest BCUT2D eigenvalue weighted by Crippen LogP contribution is -2.21. The number of nitrogens with two attached hydrogens (primary N) is 1. The Labute approximate surface area is 98.4 Å². The Morgan fingerprint density at radius 1 is 1.44 bits per heavy atom. The molecule has 0 radical (unpaired) electrons. The summed E-state index contributed by atoms with van der Waals surface area (Å²) in [5, 5.41) is 0. The zero-order chi connectivity index (χ0) is 11.5. The molecule has 0 aromatic heterocycles. The molecule has 16 heavy (non-hydrogen) atoms. The Morgan fingerprint density at radius 3 is 2.94 bits per heavy atom. The number of benzene rings is 1. The monoisotopic (exact) mass is 218 g/mol. The van der Waals surface area contributed by atoms with Crippen molar-refractivity contribution in [3.05, 3.63) is 29.3 Å². The number of hydrogen-bond donors (Lipinski definition) is 1. The molecule has 0 amide bonds. The van der Waals surface area contributed by atoms with Crippen LogP contribution in [0, 0.1) is 0 Å². The molecule has 0 saturated carbocycles. The van der Waals surface area contributed by atoms with Gasteiger partial charge in [0, 0.05) is 24.8 Å². The Bertz CT molecular complexity index is 358. The summed E-state index contributed by atoms with van der Waals surface area (Å²) in [5.41, 5.74) is 10.2. The molecule has 0 spiro atoms. The van der Waals surface area contributed by atoms with Crippen molar-refractivity contribution in [2.75, 3.05) is 18.0 Å². The van der Waals surface area contributed by atoms with Crippen molar-refractivity contribution < 1.29 is 0 Å². The molecule has 0 fully saturated rings. The molecule has 2 nitrogen and oxygen atoms in total. The Balaban J connectivity index is 2.15. The zero-order valence-corrected chi connectivity index (χ0v) is 10.4. The zero-order valence-electron chi connectivity index (χ0n) is 10.4. The molecular formula is C14H22N2. The van der Waals surface area contributed by atoms with Gasteiger partial charge in [0.2, 0.25) is 0 Å². The lowest BCUT2D eigenvalue weighted by Gasteiger charge is -2.18. The van der Waals surface area contributed by atoms with Crippen molar-refractivity contribution in [3.63, 3.8) is 0 Å². The normalized spacial score (nSPS) is 16.3. The van der Waals surface area contributed by atoms with Crippen LogP contribution in [-0.4, -0.2) is 19.1 Å². The first-order valence-electron chi connectivity index (χ1n) is 6.33. The van der Waals surface area contributed by atoms with Crippen LogP contribution in [0.2, 0.25) is 0 Å². The van der Waals surface area contributed by atoms with E-state index in [1.807, 2.05) is 0 Å². The Morgan fingerprint density at radius 2 is 2.25 bits per heavy atom. The molecule has 1 heterocycles. The standard InChI is InChI=1S/C14H22N2/c1-3-7-16-8-6-13-10-12(9-11(2)15)4-5-14(13)16/h4-5,10-11H,3,6-9,15H2,1-2H3. The van der Waals surface area contributed by atoms with Gasteiger partial charge in [0.1, 0.15) is 0 Å². The highest BCUT2D eigenvalue weighted by molar-refractivity contribution is 5.59. The molecule has 0 saturated heterocycles. The van der Waals surface area contributed by atoms with E-state index in [9.17, 15) is 0 Å². The molecule has 2 heteroatoms. The first kappa shape index (κ1) is 11.5. The fourth-order valence-electron chi connectivity index (χ4n) is 2.52. The number of anilines is 1. The number of rotatable bonds is 4. The molecule has 0 bridgehead atoms. The molecule has 1 atom stereocenters. The van der Waals surface area contributed by atoms with E-state index in [0.717, 1.165) is 6.42 Å². The van der Waals surface area contributed by atoms with Crippen molar-refractivity contribution in [1.82, 2.24) is 0 Å². The fourth-order valence-corrected chi connectivity index (χ4v) is 2.52. The second-order valence-electron chi connectivity index (χ2n) is 4.88. The minimum Gasteiger partial charge on any atom is -0.371 e. The maximum absolute atomic E-state index is 5.83. The highest BCUT2D eigenvalue weighted by Crippen LogP contribution is 2.29. The van der Waals surface area contributed by atoms with Crippen LogP contribution in [0.25, 0.3) is 0 Å². The fraction of sp³-hybridized carbons (Fsp3) is 0.571. The quantitative estimate of drug-likeness (QED) is 0.840. The van der Waals surface area contributed by atoms with Crippen molar-refractivity contribution in [2.45, 2.75) is 39.2 Å². The first-order chi connectivity index (χ1) is 7.70. The summed E-state index contributed by atoms with van der Waals surface area (Å²) < 4.78 is 0. The van der Waals surface area contributed by atoms with Crippen LogP contribution in [0.4, 0.5) is 5.69 Å². The number of hydrogen-bond acceptors (Lipinski definition) is 2. The van der Waals surface area contributed by atoms with Gasteiger partial charge in [-0.2, -0.15) is 0 Å². The van der Waals surface area contributed by atoms with E-state index >= 15 is 0 Å². The van der Waals surface area contributed by atoms with E-state index in [-0.39, 0.29) is 6.04 Å². The Hall–Kier alpha value is -1.02. The van der Waals surface area contributed by atoms with E-state index < -0.39 is 0 Å². The number of fused-ring (bicyclic) bond motifs is 1. The van der Waals surface area contributed by atoms with Crippen LogP contribution in [0.15, 0.2) is 18.2 Å². The highest BCUT2D eigenvalue weighted by atomic mass is 15.1. The smallest absolute Gasteiger partial charge is 0.0399 e. The predicted octanol–water partition coefficient (Wildman–Crippen LogP) is 2.35. The van der Waals surface area contributed by atoms with Gasteiger partial charge >= 0.3 is 0 Å². The van der Waals surface area contributed by atoms with Gasteiger partial charge in [-0.15, -0.1) is 0 Å². The molecule has 1 aromatic rings. The molecular weight excluding hydrogens is 196 g/mol. The van der Waals surface area contributed by atoms with Gasteiger partial charge in [-0.1, -0.05) is 19.1 Å². The highest BCUT2D eigenvalue weighted by Gasteiger charge is 2.18. The molecule has 1 unspecified atom stereocenters. The summed E-state index contributed by atoms with van der Waals surface area (Å²) in [6, 6.07) is 7.10. The lowest BCUT2D eigenvalue weighted by atomic mass is 10.0. The van der Waals surface area contributed by atoms with E-state index in [0.29, 0.717) is 0 Å². The van der Waals surface area contributed by atoms with Crippen LogP contribution >= 0.6 is 0 Å². The SMILES string of the molecule is CCCN1CCc2cc(CC(C)N)ccc21. The third-order valence-corrected chi connectivity index (χ3v) is 3.19. The average molecular weight is 218 g/mol. The van der Waals surface area contributed by atoms with Gasteiger partial charge in [0.05, 0.1) is 0 Å². The van der Waals surface area contributed by atoms with Gasteiger partial charge in [0.15, 0.2) is 0 Å². The van der Waals surface area contributed by atoms with Gasteiger partial charge < -0.3 is 10.6 Å². The molecule has 88 valence electrons. The van der Waals surface area contributed by atoms with Crippen LogP contribution < -0.4 is 10.6 Å². The average Bonchev–Trinajstić information content (AvgIpc) is 2.61. The summed E-state index contributed by atoms with van der Waals surface area (Å²) in [6.07, 6.45) is 3.41. The maximum atomic E-state index is 5.83. The Kier molecular flexibility index (Phi) is 3.49. The third kappa shape index (κ3) is 2.38. The van der Waals surface area contributed by atoms with Crippen LogP contribution in [-0.2, 0) is 12.8 Å². The van der Waals surface area contributed by atoms with Crippen molar-refractivity contribution in [1.29, 1.82) is 0 Å². The second kappa shape index (κ2) is 4.88. The third-order valence-electron chi connectivity index (χ3n) is 3.19. The summed E-state index contributed by atoms with van der Waals surface area (Å²) in [7, 11) is 0. The molecule has 0 aliphatic carbocycles. The van der Waals surface area contributed by atoms with Crippen LogP contribution in [0.5, 0.6) is 0 Å². The van der Waals surface area contributed by atoms with Crippen molar-refractivity contribution in [2.24, 2.45) is 5.73 Å². The molecule has 2 N–H and O–H groups in total. The number of nitrogens with zero attached hydrogens (tertiary/aromatic N) is 1. The maximum Gasteiger partial charge on any atom is 0.0399 e. The lowest BCUT2D eigenvalue weighted by molar-refractivity contribution is 0.737. The summed E-state index contributed by atoms with van der Waals surface area (Å²) in [5.74, 6) is 0. The minimum atomic E-state index is 0.256. The van der Waals surface area contributed by atoms with Gasteiger partial charge in [-0.25, -0.2) is 0 Å². The molecule has 1 aromatic carbocycles. The summed E-state index contributed by atoms with van der Waals surface area (Å²) in [6.45, 7) is 6.67. The van der Waals surface area contributed by atoms with Crippen LogP contribution in [0.3, 0.4) is 0 Å². The van der Waals surface area contributed by atoms with E-state index in [2.05, 4.69) is 36.9 Å². The predicted molar refractivity (Wildman–Crippen MR) is 70.0 cm³/mol. The van der Waals surface area contributed by atoms with Crippen molar-refractivity contribution >= 4 is 5.69 Å². The van der Waals surface area contributed by atoms with E-state index in [1.54, 1.807) is 0 Å².